The van der Waals surface area contributed by atoms with Crippen LogP contribution in [0.2, 0.25) is 0 Å². The zero-order valence-electron chi connectivity index (χ0n) is 10.9. The number of rotatable bonds is 4. The van der Waals surface area contributed by atoms with Crippen molar-refractivity contribution in [3.05, 3.63) is 18.0 Å². The van der Waals surface area contributed by atoms with E-state index in [0.29, 0.717) is 0 Å². The Labute approximate surface area is 108 Å². The molecular formula is C11H16F3N3O2. The van der Waals surface area contributed by atoms with Crippen LogP contribution in [0.15, 0.2) is 12.4 Å². The molecule has 108 valence electrons. The third-order valence-corrected chi connectivity index (χ3v) is 2.75. The van der Waals surface area contributed by atoms with Gasteiger partial charge in [0.25, 0.3) is 0 Å². The molecule has 0 aliphatic rings. The number of aromatic nitrogens is 2. The Bertz CT molecular complexity index is 454. The maximum absolute atomic E-state index is 12.4. The minimum atomic E-state index is -4.44. The van der Waals surface area contributed by atoms with Crippen LogP contribution in [-0.4, -0.2) is 28.4 Å². The summed E-state index contributed by atoms with van der Waals surface area (Å²) in [6.07, 6.45) is -2.70. The van der Waals surface area contributed by atoms with Crippen molar-refractivity contribution in [1.82, 2.24) is 9.78 Å². The predicted octanol–water partition coefficient (Wildman–Crippen LogP) is 1.74. The first-order valence-corrected chi connectivity index (χ1v) is 5.56. The number of hydrogen-bond acceptors (Lipinski definition) is 4. The second-order valence-electron chi connectivity index (χ2n) is 4.67. The van der Waals surface area contributed by atoms with Crippen LogP contribution < -0.4 is 5.73 Å². The van der Waals surface area contributed by atoms with Gasteiger partial charge in [-0.15, -0.1) is 0 Å². The SMILES string of the molecule is COC(=O)C(C)(N)CC(C)n1cc(C(F)(F)F)cn1. The third-order valence-electron chi connectivity index (χ3n) is 2.75. The average molecular weight is 279 g/mol. The molecule has 0 spiro atoms. The van der Waals surface area contributed by atoms with E-state index in [2.05, 4.69) is 9.84 Å². The van der Waals surface area contributed by atoms with Crippen LogP contribution >= 0.6 is 0 Å². The molecule has 0 amide bonds. The topological polar surface area (TPSA) is 70.1 Å². The van der Waals surface area contributed by atoms with E-state index in [4.69, 9.17) is 5.73 Å². The Kier molecular flexibility index (Phi) is 4.24. The average Bonchev–Trinajstić information content (AvgIpc) is 2.76. The van der Waals surface area contributed by atoms with Gasteiger partial charge in [-0.2, -0.15) is 18.3 Å². The Morgan fingerprint density at radius 3 is 2.58 bits per heavy atom. The van der Waals surface area contributed by atoms with Gasteiger partial charge in [0, 0.05) is 6.20 Å². The highest BCUT2D eigenvalue weighted by atomic mass is 19.4. The lowest BCUT2D eigenvalue weighted by Crippen LogP contribution is -2.47. The molecule has 0 radical (unpaired) electrons. The summed E-state index contributed by atoms with van der Waals surface area (Å²) in [5.41, 5.74) is 3.65. The summed E-state index contributed by atoms with van der Waals surface area (Å²) in [5, 5.41) is 3.64. The Hall–Kier alpha value is -1.57. The van der Waals surface area contributed by atoms with Crippen LogP contribution in [0.4, 0.5) is 13.2 Å². The fraction of sp³-hybridized carbons (Fsp3) is 0.636. The largest absolute Gasteiger partial charge is 0.468 e. The van der Waals surface area contributed by atoms with E-state index in [0.717, 1.165) is 17.1 Å². The molecule has 2 unspecified atom stereocenters. The molecule has 0 aromatic carbocycles. The molecule has 0 aliphatic carbocycles. The molecule has 8 heteroatoms. The molecule has 0 bridgehead atoms. The fourth-order valence-corrected chi connectivity index (χ4v) is 1.75. The van der Waals surface area contributed by atoms with Crippen molar-refractivity contribution < 1.29 is 22.7 Å². The molecule has 1 rings (SSSR count). The second kappa shape index (κ2) is 5.20. The number of alkyl halides is 3. The number of halogens is 3. The summed E-state index contributed by atoms with van der Waals surface area (Å²) in [6, 6.07) is -0.467. The van der Waals surface area contributed by atoms with Gasteiger partial charge < -0.3 is 10.5 Å². The number of carbonyl (C=O) groups is 1. The molecule has 0 saturated carbocycles. The number of ether oxygens (including phenoxy) is 1. The van der Waals surface area contributed by atoms with Crippen LogP contribution in [0.25, 0.3) is 0 Å². The maximum Gasteiger partial charge on any atom is 0.419 e. The molecule has 5 nitrogen and oxygen atoms in total. The summed E-state index contributed by atoms with van der Waals surface area (Å²) in [6.45, 7) is 3.09. The number of nitrogens with two attached hydrogens (primary N) is 1. The number of nitrogens with zero attached hydrogens (tertiary/aromatic N) is 2. The number of carbonyl (C=O) groups excluding carboxylic acids is 1. The van der Waals surface area contributed by atoms with Gasteiger partial charge >= 0.3 is 12.1 Å². The van der Waals surface area contributed by atoms with E-state index in [1.54, 1.807) is 6.92 Å². The molecule has 1 aromatic rings. The van der Waals surface area contributed by atoms with Crippen molar-refractivity contribution in [3.8, 4) is 0 Å². The van der Waals surface area contributed by atoms with Gasteiger partial charge in [0.2, 0.25) is 0 Å². The first-order chi connectivity index (χ1) is 8.58. The zero-order valence-corrected chi connectivity index (χ0v) is 10.9. The summed E-state index contributed by atoms with van der Waals surface area (Å²) in [4.78, 5) is 11.4. The van der Waals surface area contributed by atoms with Gasteiger partial charge in [0.15, 0.2) is 0 Å². The van der Waals surface area contributed by atoms with Crippen LogP contribution in [0, 0.1) is 0 Å². The Morgan fingerprint density at radius 2 is 2.16 bits per heavy atom. The minimum absolute atomic E-state index is 0.110. The third kappa shape index (κ3) is 3.69. The standard InChI is InChI=1S/C11H16F3N3O2/c1-7(4-10(2,15)9(18)19-3)17-6-8(5-16-17)11(12,13)14/h5-7H,4,15H2,1-3H3. The summed E-state index contributed by atoms with van der Waals surface area (Å²) in [7, 11) is 1.20. The molecule has 0 fully saturated rings. The molecule has 19 heavy (non-hydrogen) atoms. The smallest absolute Gasteiger partial charge is 0.419 e. The van der Waals surface area contributed by atoms with Gasteiger partial charge in [0.05, 0.1) is 24.9 Å². The summed E-state index contributed by atoms with van der Waals surface area (Å²) < 4.78 is 43.0. The second-order valence-corrected chi connectivity index (χ2v) is 4.67. The first-order valence-electron chi connectivity index (χ1n) is 5.56. The van der Waals surface area contributed by atoms with Gasteiger partial charge in [-0.25, -0.2) is 0 Å². The molecule has 2 atom stereocenters. The van der Waals surface area contributed by atoms with E-state index in [1.165, 1.54) is 14.0 Å². The zero-order chi connectivity index (χ0) is 14.8. The fourth-order valence-electron chi connectivity index (χ4n) is 1.75. The van der Waals surface area contributed by atoms with Crippen LogP contribution in [0.3, 0.4) is 0 Å². The van der Waals surface area contributed by atoms with Crippen molar-refractivity contribution in [2.45, 2.75) is 38.0 Å². The quantitative estimate of drug-likeness (QED) is 0.852. The normalized spacial score (nSPS) is 16.8. The number of hydrogen-bond donors (Lipinski definition) is 1. The maximum atomic E-state index is 12.4. The van der Waals surface area contributed by atoms with Crippen molar-refractivity contribution in [2.24, 2.45) is 5.73 Å². The van der Waals surface area contributed by atoms with Crippen molar-refractivity contribution in [2.75, 3.05) is 7.11 Å². The van der Waals surface area contributed by atoms with E-state index in [9.17, 15) is 18.0 Å². The van der Waals surface area contributed by atoms with Crippen LogP contribution in [0.5, 0.6) is 0 Å². The number of esters is 1. The van der Waals surface area contributed by atoms with Crippen molar-refractivity contribution >= 4 is 5.97 Å². The lowest BCUT2D eigenvalue weighted by molar-refractivity contribution is -0.147. The first kappa shape index (κ1) is 15.5. The van der Waals surface area contributed by atoms with Gasteiger partial charge in [-0.05, 0) is 20.3 Å². The van der Waals surface area contributed by atoms with Gasteiger partial charge in [-0.3, -0.25) is 9.48 Å². The number of methoxy groups -OCH3 is 1. The molecule has 1 heterocycles. The van der Waals surface area contributed by atoms with E-state index >= 15 is 0 Å². The van der Waals surface area contributed by atoms with E-state index in [-0.39, 0.29) is 6.42 Å². The summed E-state index contributed by atoms with van der Waals surface area (Å²) >= 11 is 0. The lowest BCUT2D eigenvalue weighted by atomic mass is 9.95. The Balaban J connectivity index is 2.82. The molecule has 1 aromatic heterocycles. The Morgan fingerprint density at radius 1 is 1.58 bits per heavy atom. The molecule has 0 aliphatic heterocycles. The monoisotopic (exact) mass is 279 g/mol. The predicted molar refractivity (Wildman–Crippen MR) is 61.2 cm³/mol. The van der Waals surface area contributed by atoms with Crippen LogP contribution in [-0.2, 0) is 15.7 Å². The molecule has 0 saturated heterocycles. The molecule has 2 N–H and O–H groups in total. The van der Waals surface area contributed by atoms with Gasteiger partial charge in [0.1, 0.15) is 5.54 Å². The van der Waals surface area contributed by atoms with E-state index in [1.807, 2.05) is 0 Å². The lowest BCUT2D eigenvalue weighted by Gasteiger charge is -2.25. The highest BCUT2D eigenvalue weighted by molar-refractivity contribution is 5.79. The van der Waals surface area contributed by atoms with Gasteiger partial charge in [-0.1, -0.05) is 0 Å². The van der Waals surface area contributed by atoms with Crippen LogP contribution in [0.1, 0.15) is 31.9 Å². The summed E-state index contributed by atoms with van der Waals surface area (Å²) in [5.74, 6) is -0.623. The van der Waals surface area contributed by atoms with E-state index < -0.39 is 29.3 Å². The minimum Gasteiger partial charge on any atom is -0.468 e. The highest BCUT2D eigenvalue weighted by Crippen LogP contribution is 2.30. The van der Waals surface area contributed by atoms with Crippen molar-refractivity contribution in [3.63, 3.8) is 0 Å². The highest BCUT2D eigenvalue weighted by Gasteiger charge is 2.35. The molecular weight excluding hydrogens is 263 g/mol. The van der Waals surface area contributed by atoms with Crippen molar-refractivity contribution in [1.29, 1.82) is 0 Å².